The lowest BCUT2D eigenvalue weighted by Crippen LogP contribution is -2.34. The molecule has 0 saturated heterocycles. The van der Waals surface area contributed by atoms with Gasteiger partial charge in [-0.25, -0.2) is 9.78 Å². The van der Waals surface area contributed by atoms with Crippen molar-refractivity contribution >= 4 is 39.1 Å². The van der Waals surface area contributed by atoms with Crippen LogP contribution in [0.5, 0.6) is 0 Å². The maximum atomic E-state index is 12.3. The normalized spacial score (nSPS) is 11.7. The Balaban J connectivity index is 1.69. The number of amides is 1. The maximum Gasteiger partial charge on any atom is 0.330 e. The molecule has 0 saturated carbocycles. The van der Waals surface area contributed by atoms with Crippen molar-refractivity contribution in [3.63, 3.8) is 0 Å². The van der Waals surface area contributed by atoms with Gasteiger partial charge in [0.25, 0.3) is 0 Å². The standard InChI is InChI=1S/C19H15BrN2O3S/c20-14-8-4-7-13(9-14)18-21-15(11-26-18)10-16(23)22-17(19(24)25)12-5-2-1-3-6-12/h1-9,11,17H,10H2,(H,22,23)(H,24,25)/t17-/m0/s1. The fraction of sp³-hybridized carbons (Fsp3) is 0.105. The van der Waals surface area contributed by atoms with E-state index in [1.807, 2.05) is 29.6 Å². The third-order valence-corrected chi connectivity index (χ3v) is 5.08. The summed E-state index contributed by atoms with van der Waals surface area (Å²) in [6.07, 6.45) is 0.0289. The van der Waals surface area contributed by atoms with E-state index in [9.17, 15) is 14.7 Å². The molecule has 2 aromatic carbocycles. The minimum absolute atomic E-state index is 0.0289. The fourth-order valence-corrected chi connectivity index (χ4v) is 3.67. The molecular weight excluding hydrogens is 416 g/mol. The number of nitrogens with one attached hydrogen (secondary N) is 1. The number of carbonyl (C=O) groups excluding carboxylic acids is 1. The molecule has 0 radical (unpaired) electrons. The van der Waals surface area contributed by atoms with Gasteiger partial charge in [-0.15, -0.1) is 11.3 Å². The zero-order valence-corrected chi connectivity index (χ0v) is 16.0. The monoisotopic (exact) mass is 430 g/mol. The highest BCUT2D eigenvalue weighted by molar-refractivity contribution is 9.10. The van der Waals surface area contributed by atoms with Gasteiger partial charge in [-0.2, -0.15) is 0 Å². The second-order valence-electron chi connectivity index (χ2n) is 5.58. The SMILES string of the molecule is O=C(Cc1csc(-c2cccc(Br)c2)n1)N[C@H](C(=O)O)c1ccccc1. The minimum atomic E-state index is -1.10. The minimum Gasteiger partial charge on any atom is -0.479 e. The molecule has 7 heteroatoms. The van der Waals surface area contributed by atoms with Crippen LogP contribution in [0, 0.1) is 0 Å². The van der Waals surface area contributed by atoms with Crippen LogP contribution in [0.3, 0.4) is 0 Å². The average molecular weight is 431 g/mol. The van der Waals surface area contributed by atoms with Gasteiger partial charge in [0.2, 0.25) is 5.91 Å². The summed E-state index contributed by atoms with van der Waals surface area (Å²) in [5.74, 6) is -1.48. The van der Waals surface area contributed by atoms with E-state index in [4.69, 9.17) is 0 Å². The summed E-state index contributed by atoms with van der Waals surface area (Å²) in [7, 11) is 0. The van der Waals surface area contributed by atoms with Crippen LogP contribution in [0.2, 0.25) is 0 Å². The van der Waals surface area contributed by atoms with Crippen molar-refractivity contribution in [1.82, 2.24) is 10.3 Å². The average Bonchev–Trinajstić information content (AvgIpc) is 3.08. The van der Waals surface area contributed by atoms with Gasteiger partial charge < -0.3 is 10.4 Å². The highest BCUT2D eigenvalue weighted by atomic mass is 79.9. The lowest BCUT2D eigenvalue weighted by atomic mass is 10.1. The summed E-state index contributed by atoms with van der Waals surface area (Å²) in [6.45, 7) is 0. The Morgan fingerprint density at radius 3 is 2.62 bits per heavy atom. The molecule has 1 aromatic heterocycles. The number of benzene rings is 2. The van der Waals surface area contributed by atoms with E-state index in [-0.39, 0.29) is 12.3 Å². The number of rotatable bonds is 6. The zero-order valence-electron chi connectivity index (χ0n) is 13.6. The Morgan fingerprint density at radius 2 is 1.92 bits per heavy atom. The van der Waals surface area contributed by atoms with Gasteiger partial charge in [0, 0.05) is 15.4 Å². The molecule has 2 N–H and O–H groups in total. The first-order valence-electron chi connectivity index (χ1n) is 7.80. The van der Waals surface area contributed by atoms with Gasteiger partial charge in [0.15, 0.2) is 6.04 Å². The highest BCUT2D eigenvalue weighted by Gasteiger charge is 2.22. The molecule has 26 heavy (non-hydrogen) atoms. The topological polar surface area (TPSA) is 79.3 Å². The number of nitrogens with zero attached hydrogens (tertiary/aromatic N) is 1. The van der Waals surface area contributed by atoms with Gasteiger partial charge in [0.1, 0.15) is 5.01 Å². The molecule has 0 aliphatic heterocycles. The molecule has 0 spiro atoms. The predicted octanol–water partition coefficient (Wildman–Crippen LogP) is 4.06. The summed E-state index contributed by atoms with van der Waals surface area (Å²) in [4.78, 5) is 28.2. The Kier molecular flexibility index (Phi) is 5.80. The molecule has 0 fully saturated rings. The largest absolute Gasteiger partial charge is 0.479 e. The second-order valence-corrected chi connectivity index (χ2v) is 7.35. The quantitative estimate of drug-likeness (QED) is 0.617. The molecule has 132 valence electrons. The highest BCUT2D eigenvalue weighted by Crippen LogP contribution is 2.26. The molecule has 1 atom stereocenters. The number of hydrogen-bond donors (Lipinski definition) is 2. The molecule has 0 bridgehead atoms. The van der Waals surface area contributed by atoms with Crippen LogP contribution in [0.4, 0.5) is 0 Å². The first kappa shape index (κ1) is 18.3. The number of hydrogen-bond acceptors (Lipinski definition) is 4. The first-order chi connectivity index (χ1) is 12.5. The zero-order chi connectivity index (χ0) is 18.5. The lowest BCUT2D eigenvalue weighted by Gasteiger charge is -2.14. The van der Waals surface area contributed by atoms with Gasteiger partial charge in [-0.1, -0.05) is 58.4 Å². The Hall–Kier alpha value is -2.51. The number of halogens is 1. The predicted molar refractivity (Wildman–Crippen MR) is 104 cm³/mol. The van der Waals surface area contributed by atoms with E-state index in [0.717, 1.165) is 15.0 Å². The van der Waals surface area contributed by atoms with Crippen LogP contribution in [0.25, 0.3) is 10.6 Å². The van der Waals surface area contributed by atoms with Crippen LogP contribution >= 0.6 is 27.3 Å². The molecule has 3 rings (SSSR count). The van der Waals surface area contributed by atoms with Crippen molar-refractivity contribution in [2.24, 2.45) is 0 Å². The smallest absolute Gasteiger partial charge is 0.330 e. The third-order valence-electron chi connectivity index (χ3n) is 3.65. The van der Waals surface area contributed by atoms with Crippen molar-refractivity contribution < 1.29 is 14.7 Å². The van der Waals surface area contributed by atoms with Crippen molar-refractivity contribution in [3.05, 3.63) is 75.7 Å². The third kappa shape index (κ3) is 4.56. The van der Waals surface area contributed by atoms with Gasteiger partial charge in [-0.05, 0) is 17.7 Å². The first-order valence-corrected chi connectivity index (χ1v) is 9.47. The van der Waals surface area contributed by atoms with Crippen molar-refractivity contribution in [2.75, 3.05) is 0 Å². The summed E-state index contributed by atoms with van der Waals surface area (Å²) in [5.41, 5.74) is 2.10. The summed E-state index contributed by atoms with van der Waals surface area (Å²) < 4.78 is 0.955. The number of carboxylic acids is 1. The Morgan fingerprint density at radius 1 is 1.15 bits per heavy atom. The lowest BCUT2D eigenvalue weighted by molar-refractivity contribution is -0.142. The molecule has 0 unspecified atom stereocenters. The Bertz CT molecular complexity index is 927. The van der Waals surface area contributed by atoms with Gasteiger partial charge in [-0.3, -0.25) is 4.79 Å². The summed E-state index contributed by atoms with van der Waals surface area (Å²) >= 11 is 4.87. The number of carboxylic acid groups (broad SMARTS) is 1. The summed E-state index contributed by atoms with van der Waals surface area (Å²) in [6, 6.07) is 15.3. The van der Waals surface area contributed by atoms with Crippen molar-refractivity contribution in [3.8, 4) is 10.6 Å². The van der Waals surface area contributed by atoms with E-state index in [1.165, 1.54) is 11.3 Å². The Labute approximate surface area is 162 Å². The van der Waals surface area contributed by atoms with E-state index < -0.39 is 12.0 Å². The van der Waals surface area contributed by atoms with Crippen LogP contribution in [0.15, 0.2) is 64.5 Å². The molecule has 0 aliphatic rings. The van der Waals surface area contributed by atoms with E-state index in [0.29, 0.717) is 11.3 Å². The van der Waals surface area contributed by atoms with E-state index >= 15 is 0 Å². The van der Waals surface area contributed by atoms with Crippen LogP contribution < -0.4 is 5.32 Å². The molecule has 1 heterocycles. The van der Waals surface area contributed by atoms with Crippen LogP contribution in [0.1, 0.15) is 17.3 Å². The fourth-order valence-electron chi connectivity index (χ4n) is 2.45. The van der Waals surface area contributed by atoms with E-state index in [1.54, 1.807) is 30.3 Å². The molecule has 5 nitrogen and oxygen atoms in total. The molecule has 1 amide bonds. The second kappa shape index (κ2) is 8.25. The van der Waals surface area contributed by atoms with Crippen LogP contribution in [-0.4, -0.2) is 22.0 Å². The van der Waals surface area contributed by atoms with Gasteiger partial charge in [0.05, 0.1) is 12.1 Å². The van der Waals surface area contributed by atoms with E-state index in [2.05, 4.69) is 26.2 Å². The molecule has 0 aliphatic carbocycles. The molecular formula is C19H15BrN2O3S. The van der Waals surface area contributed by atoms with Crippen LogP contribution in [-0.2, 0) is 16.0 Å². The van der Waals surface area contributed by atoms with Gasteiger partial charge >= 0.3 is 5.97 Å². The maximum absolute atomic E-state index is 12.3. The van der Waals surface area contributed by atoms with Crippen molar-refractivity contribution in [1.29, 1.82) is 0 Å². The molecule has 3 aromatic rings. The number of aromatic nitrogens is 1. The van der Waals surface area contributed by atoms with Crippen molar-refractivity contribution in [2.45, 2.75) is 12.5 Å². The number of aliphatic carboxylic acids is 1. The number of carbonyl (C=O) groups is 2. The number of thiazole rings is 1. The summed E-state index contributed by atoms with van der Waals surface area (Å²) in [5, 5.41) is 14.6.